The summed E-state index contributed by atoms with van der Waals surface area (Å²) in [5.74, 6) is -0.281. The minimum absolute atomic E-state index is 0.281. The van der Waals surface area contributed by atoms with E-state index in [-0.39, 0.29) is 11.9 Å². The number of nitrogen functional groups attached to an aromatic ring is 1. The van der Waals surface area contributed by atoms with Crippen molar-refractivity contribution in [2.24, 2.45) is 5.73 Å². The van der Waals surface area contributed by atoms with E-state index in [2.05, 4.69) is 4.90 Å². The lowest BCUT2D eigenvalue weighted by molar-refractivity contribution is -0.123. The number of amides is 1. The van der Waals surface area contributed by atoms with Gasteiger partial charge in [-0.15, -0.1) is 0 Å². The van der Waals surface area contributed by atoms with Crippen LogP contribution >= 0.6 is 0 Å². The maximum Gasteiger partial charge on any atom is 0.239 e. The summed E-state index contributed by atoms with van der Waals surface area (Å²) in [6, 6.07) is 7.10. The Bertz CT molecular complexity index is 382. The van der Waals surface area contributed by atoms with Crippen molar-refractivity contribution in [1.82, 2.24) is 4.90 Å². The van der Waals surface area contributed by atoms with Crippen molar-refractivity contribution in [2.45, 2.75) is 25.3 Å². The van der Waals surface area contributed by atoms with Gasteiger partial charge in [-0.2, -0.15) is 0 Å². The van der Waals surface area contributed by atoms with Gasteiger partial charge in [0.25, 0.3) is 0 Å². The summed E-state index contributed by atoms with van der Waals surface area (Å²) in [5.41, 5.74) is 12.8. The van der Waals surface area contributed by atoms with Gasteiger partial charge in [-0.25, -0.2) is 0 Å². The predicted molar refractivity (Wildman–Crippen MR) is 68.2 cm³/mol. The van der Waals surface area contributed by atoms with Crippen molar-refractivity contribution in [1.29, 1.82) is 0 Å². The van der Waals surface area contributed by atoms with E-state index in [9.17, 15) is 4.79 Å². The van der Waals surface area contributed by atoms with Crippen LogP contribution < -0.4 is 11.5 Å². The Morgan fingerprint density at radius 2 is 1.71 bits per heavy atom. The fraction of sp³-hybridized carbons (Fsp3) is 0.462. The van der Waals surface area contributed by atoms with E-state index in [1.54, 1.807) is 0 Å². The van der Waals surface area contributed by atoms with E-state index in [0.29, 0.717) is 5.69 Å². The Hall–Kier alpha value is -1.55. The molecule has 0 bridgehead atoms. The van der Waals surface area contributed by atoms with Gasteiger partial charge in [0, 0.05) is 5.69 Å². The van der Waals surface area contributed by atoms with Gasteiger partial charge in [-0.05, 0) is 43.6 Å². The number of rotatable bonds is 3. The average Bonchev–Trinajstić information content (AvgIpc) is 2.33. The number of likely N-dealkylation sites (tertiary alicyclic amines) is 1. The zero-order valence-electron chi connectivity index (χ0n) is 9.93. The zero-order chi connectivity index (χ0) is 12.3. The second-order valence-corrected chi connectivity index (χ2v) is 4.57. The second-order valence-electron chi connectivity index (χ2n) is 4.57. The first-order chi connectivity index (χ1) is 8.18. The highest BCUT2D eigenvalue weighted by atomic mass is 16.1. The van der Waals surface area contributed by atoms with Gasteiger partial charge >= 0.3 is 0 Å². The molecule has 0 radical (unpaired) electrons. The summed E-state index contributed by atoms with van der Waals surface area (Å²) in [5, 5.41) is 0. The number of benzene rings is 1. The molecule has 1 heterocycles. The standard InChI is InChI=1S/C13H19N3O/c14-11-6-4-10(5-7-11)12(13(15)17)16-8-2-1-3-9-16/h4-7,12H,1-3,8-9,14H2,(H2,15,17). The molecule has 1 fully saturated rings. The molecule has 1 unspecified atom stereocenters. The molecule has 4 nitrogen and oxygen atoms in total. The molecule has 2 rings (SSSR count). The van der Waals surface area contributed by atoms with Crippen LogP contribution in [0, 0.1) is 0 Å². The van der Waals surface area contributed by atoms with Crippen LogP contribution in [0.1, 0.15) is 30.9 Å². The number of nitrogens with two attached hydrogens (primary N) is 2. The minimum atomic E-state index is -0.309. The molecule has 0 saturated carbocycles. The van der Waals surface area contributed by atoms with E-state index in [1.807, 2.05) is 24.3 Å². The number of carbonyl (C=O) groups excluding carboxylic acids is 1. The number of carbonyl (C=O) groups is 1. The number of hydrogen-bond donors (Lipinski definition) is 2. The third-order valence-electron chi connectivity index (χ3n) is 3.28. The van der Waals surface area contributed by atoms with Crippen LogP contribution in [0.2, 0.25) is 0 Å². The number of primary amides is 1. The summed E-state index contributed by atoms with van der Waals surface area (Å²) in [6.07, 6.45) is 3.52. The number of piperidine rings is 1. The van der Waals surface area contributed by atoms with E-state index < -0.39 is 0 Å². The van der Waals surface area contributed by atoms with Crippen molar-refractivity contribution in [3.8, 4) is 0 Å². The molecule has 1 aliphatic rings. The van der Waals surface area contributed by atoms with Crippen LogP contribution in [-0.2, 0) is 4.79 Å². The molecular formula is C13H19N3O. The maximum absolute atomic E-state index is 11.6. The van der Waals surface area contributed by atoms with Gasteiger partial charge in [-0.1, -0.05) is 18.6 Å². The Morgan fingerprint density at radius 1 is 1.12 bits per heavy atom. The number of hydrogen-bond acceptors (Lipinski definition) is 3. The average molecular weight is 233 g/mol. The van der Waals surface area contributed by atoms with Gasteiger partial charge < -0.3 is 11.5 Å². The highest BCUT2D eigenvalue weighted by molar-refractivity contribution is 5.81. The zero-order valence-corrected chi connectivity index (χ0v) is 9.93. The van der Waals surface area contributed by atoms with Gasteiger partial charge in [0.05, 0.1) is 0 Å². The van der Waals surface area contributed by atoms with Crippen molar-refractivity contribution in [3.63, 3.8) is 0 Å². The molecule has 0 aliphatic carbocycles. The largest absolute Gasteiger partial charge is 0.399 e. The van der Waals surface area contributed by atoms with Gasteiger partial charge in [0.15, 0.2) is 0 Å². The smallest absolute Gasteiger partial charge is 0.239 e. The van der Waals surface area contributed by atoms with E-state index in [0.717, 1.165) is 31.5 Å². The van der Waals surface area contributed by atoms with Gasteiger partial charge in [-0.3, -0.25) is 9.69 Å². The van der Waals surface area contributed by atoms with Crippen LogP contribution in [0.4, 0.5) is 5.69 Å². The Labute approximate surface area is 102 Å². The fourth-order valence-electron chi connectivity index (χ4n) is 2.41. The highest BCUT2D eigenvalue weighted by Crippen LogP contribution is 2.24. The third kappa shape index (κ3) is 2.77. The first kappa shape index (κ1) is 11.9. The summed E-state index contributed by atoms with van der Waals surface area (Å²) < 4.78 is 0. The molecule has 4 heteroatoms. The number of anilines is 1. The third-order valence-corrected chi connectivity index (χ3v) is 3.28. The molecule has 1 aromatic carbocycles. The predicted octanol–water partition coefficient (Wildman–Crippen LogP) is 1.28. The van der Waals surface area contributed by atoms with Gasteiger partial charge in [0.1, 0.15) is 6.04 Å². The summed E-state index contributed by atoms with van der Waals surface area (Å²) in [6.45, 7) is 1.88. The van der Waals surface area contributed by atoms with Crippen LogP contribution in [0.15, 0.2) is 24.3 Å². The monoisotopic (exact) mass is 233 g/mol. The molecule has 1 atom stereocenters. The van der Waals surface area contributed by atoms with Crippen molar-refractivity contribution >= 4 is 11.6 Å². The second kappa shape index (κ2) is 5.19. The topological polar surface area (TPSA) is 72.3 Å². The molecular weight excluding hydrogens is 214 g/mol. The Kier molecular flexibility index (Phi) is 3.64. The van der Waals surface area contributed by atoms with Crippen molar-refractivity contribution in [2.75, 3.05) is 18.8 Å². The van der Waals surface area contributed by atoms with Crippen LogP contribution in [0.5, 0.6) is 0 Å². The number of nitrogens with zero attached hydrogens (tertiary/aromatic N) is 1. The molecule has 1 aliphatic heterocycles. The first-order valence-electron chi connectivity index (χ1n) is 6.07. The van der Waals surface area contributed by atoms with E-state index in [4.69, 9.17) is 11.5 Å². The summed E-state index contributed by atoms with van der Waals surface area (Å²) >= 11 is 0. The molecule has 1 amide bonds. The fourth-order valence-corrected chi connectivity index (χ4v) is 2.41. The Balaban J connectivity index is 2.21. The lowest BCUT2D eigenvalue weighted by Gasteiger charge is -2.32. The Morgan fingerprint density at radius 3 is 2.24 bits per heavy atom. The van der Waals surface area contributed by atoms with E-state index >= 15 is 0 Å². The van der Waals surface area contributed by atoms with Crippen molar-refractivity contribution in [3.05, 3.63) is 29.8 Å². The lowest BCUT2D eigenvalue weighted by atomic mass is 10.0. The van der Waals surface area contributed by atoms with Crippen LogP contribution in [0.3, 0.4) is 0 Å². The molecule has 0 spiro atoms. The quantitative estimate of drug-likeness (QED) is 0.772. The van der Waals surface area contributed by atoms with Crippen LogP contribution in [0.25, 0.3) is 0 Å². The van der Waals surface area contributed by atoms with E-state index in [1.165, 1.54) is 6.42 Å². The lowest BCUT2D eigenvalue weighted by Crippen LogP contribution is -2.40. The molecule has 1 aromatic rings. The van der Waals surface area contributed by atoms with Gasteiger partial charge in [0.2, 0.25) is 5.91 Å². The highest BCUT2D eigenvalue weighted by Gasteiger charge is 2.26. The minimum Gasteiger partial charge on any atom is -0.399 e. The summed E-state index contributed by atoms with van der Waals surface area (Å²) in [7, 11) is 0. The first-order valence-corrected chi connectivity index (χ1v) is 6.07. The molecule has 0 aromatic heterocycles. The maximum atomic E-state index is 11.6. The van der Waals surface area contributed by atoms with Crippen LogP contribution in [-0.4, -0.2) is 23.9 Å². The summed E-state index contributed by atoms with van der Waals surface area (Å²) in [4.78, 5) is 13.8. The molecule has 17 heavy (non-hydrogen) atoms. The molecule has 4 N–H and O–H groups in total. The normalized spacial score (nSPS) is 18.8. The SMILES string of the molecule is NC(=O)C(c1ccc(N)cc1)N1CCCCC1. The van der Waals surface area contributed by atoms with Crippen molar-refractivity contribution < 1.29 is 4.79 Å². The molecule has 1 saturated heterocycles. The molecule has 92 valence electrons.